The number of hydrogen-bond donors (Lipinski definition) is 2. The lowest BCUT2D eigenvalue weighted by molar-refractivity contribution is -0.126. The molecule has 1 aromatic carbocycles. The molecule has 1 aliphatic rings. The van der Waals surface area contributed by atoms with Gasteiger partial charge in [-0.05, 0) is 30.5 Å². The summed E-state index contributed by atoms with van der Waals surface area (Å²) in [7, 11) is 0. The van der Waals surface area contributed by atoms with E-state index in [9.17, 15) is 9.59 Å². The Morgan fingerprint density at radius 2 is 2.00 bits per heavy atom. The van der Waals surface area contributed by atoms with Gasteiger partial charge in [0.2, 0.25) is 11.8 Å². The molecule has 0 bridgehead atoms. The van der Waals surface area contributed by atoms with E-state index in [1.807, 2.05) is 29.6 Å². The fourth-order valence-corrected chi connectivity index (χ4v) is 4.31. The summed E-state index contributed by atoms with van der Waals surface area (Å²) in [6.07, 6.45) is 6.52. The Morgan fingerprint density at radius 1 is 1.19 bits per heavy atom. The van der Waals surface area contributed by atoms with Gasteiger partial charge in [-0.25, -0.2) is 4.98 Å². The second kappa shape index (κ2) is 9.85. The first-order chi connectivity index (χ1) is 13.1. The van der Waals surface area contributed by atoms with Crippen molar-refractivity contribution in [3.8, 4) is 0 Å². The zero-order valence-electron chi connectivity index (χ0n) is 15.2. The van der Waals surface area contributed by atoms with Gasteiger partial charge in [0.25, 0.3) is 0 Å². The van der Waals surface area contributed by atoms with Crippen molar-refractivity contribution in [3.05, 3.63) is 50.9 Å². The summed E-state index contributed by atoms with van der Waals surface area (Å²) in [6, 6.07) is 7.94. The number of nitrogens with zero attached hydrogens (tertiary/aromatic N) is 1. The van der Waals surface area contributed by atoms with E-state index in [0.29, 0.717) is 11.4 Å². The number of aromatic nitrogens is 1. The van der Waals surface area contributed by atoms with Crippen LogP contribution in [0.2, 0.25) is 5.02 Å². The highest BCUT2D eigenvalue weighted by molar-refractivity contribution is 7.09. The van der Waals surface area contributed by atoms with E-state index in [-0.39, 0.29) is 30.8 Å². The van der Waals surface area contributed by atoms with Crippen molar-refractivity contribution in [2.24, 2.45) is 0 Å². The number of rotatable bonds is 7. The lowest BCUT2D eigenvalue weighted by Crippen LogP contribution is -2.43. The predicted octanol–water partition coefficient (Wildman–Crippen LogP) is 3.49. The van der Waals surface area contributed by atoms with Crippen LogP contribution in [0.4, 0.5) is 0 Å². The number of carbonyl (C=O) groups excluding carboxylic acids is 2. The van der Waals surface area contributed by atoms with Crippen LogP contribution < -0.4 is 10.6 Å². The zero-order chi connectivity index (χ0) is 19.1. The fourth-order valence-electron chi connectivity index (χ4n) is 3.26. The molecule has 1 saturated carbocycles. The Labute approximate surface area is 168 Å². The van der Waals surface area contributed by atoms with Gasteiger partial charge in [0, 0.05) is 22.9 Å². The van der Waals surface area contributed by atoms with Crippen molar-refractivity contribution in [2.75, 3.05) is 6.54 Å². The molecule has 0 saturated heterocycles. The van der Waals surface area contributed by atoms with Gasteiger partial charge in [-0.3, -0.25) is 9.59 Å². The van der Waals surface area contributed by atoms with Crippen molar-refractivity contribution in [3.63, 3.8) is 0 Å². The third kappa shape index (κ3) is 6.63. The average molecular weight is 406 g/mol. The summed E-state index contributed by atoms with van der Waals surface area (Å²) < 4.78 is 0. The van der Waals surface area contributed by atoms with E-state index in [2.05, 4.69) is 15.6 Å². The van der Waals surface area contributed by atoms with Gasteiger partial charge >= 0.3 is 0 Å². The minimum absolute atomic E-state index is 0.0227. The highest BCUT2D eigenvalue weighted by Crippen LogP contribution is 2.18. The van der Waals surface area contributed by atoms with Crippen LogP contribution >= 0.6 is 22.9 Å². The number of amides is 2. The molecular formula is C20H24ClN3O2S. The number of benzene rings is 1. The maximum Gasteiger partial charge on any atom is 0.239 e. The van der Waals surface area contributed by atoms with Gasteiger partial charge in [0.05, 0.1) is 23.7 Å². The van der Waals surface area contributed by atoms with Crippen LogP contribution in [0.3, 0.4) is 0 Å². The second-order valence-electron chi connectivity index (χ2n) is 6.90. The summed E-state index contributed by atoms with van der Waals surface area (Å²) >= 11 is 7.53. The topological polar surface area (TPSA) is 71.1 Å². The lowest BCUT2D eigenvalue weighted by atomic mass is 9.95. The van der Waals surface area contributed by atoms with E-state index >= 15 is 0 Å². The smallest absolute Gasteiger partial charge is 0.239 e. The normalized spacial score (nSPS) is 14.7. The molecule has 0 unspecified atom stereocenters. The molecule has 1 heterocycles. The number of thiazole rings is 1. The summed E-state index contributed by atoms with van der Waals surface area (Å²) in [4.78, 5) is 28.5. The van der Waals surface area contributed by atoms with Crippen molar-refractivity contribution < 1.29 is 9.59 Å². The minimum atomic E-state index is -0.187. The summed E-state index contributed by atoms with van der Waals surface area (Å²) in [6.45, 7) is 0.0227. The molecular weight excluding hydrogens is 382 g/mol. The first-order valence-corrected chi connectivity index (χ1v) is 10.6. The zero-order valence-corrected chi connectivity index (χ0v) is 16.7. The molecule has 7 heteroatoms. The third-order valence-corrected chi connectivity index (χ3v) is 5.73. The Bertz CT molecular complexity index is 787. The number of hydrogen-bond acceptors (Lipinski definition) is 4. The highest BCUT2D eigenvalue weighted by atomic mass is 35.5. The van der Waals surface area contributed by atoms with Gasteiger partial charge in [-0.1, -0.05) is 43.0 Å². The maximum absolute atomic E-state index is 12.1. The maximum atomic E-state index is 12.1. The molecule has 3 rings (SSSR count). The molecule has 0 radical (unpaired) electrons. The fraction of sp³-hybridized carbons (Fsp3) is 0.450. The largest absolute Gasteiger partial charge is 0.352 e. The quantitative estimate of drug-likeness (QED) is 0.740. The van der Waals surface area contributed by atoms with Gasteiger partial charge in [-0.2, -0.15) is 0 Å². The van der Waals surface area contributed by atoms with Crippen molar-refractivity contribution in [1.82, 2.24) is 15.6 Å². The van der Waals surface area contributed by atoms with Crippen LogP contribution in [-0.2, 0) is 22.4 Å². The Kier molecular flexibility index (Phi) is 7.24. The highest BCUT2D eigenvalue weighted by Gasteiger charge is 2.16. The second-order valence-corrected chi connectivity index (χ2v) is 8.27. The van der Waals surface area contributed by atoms with Gasteiger partial charge in [0.1, 0.15) is 0 Å². The van der Waals surface area contributed by atoms with Gasteiger partial charge in [-0.15, -0.1) is 11.3 Å². The summed E-state index contributed by atoms with van der Waals surface area (Å²) in [5, 5.41) is 9.21. The molecule has 0 aliphatic heterocycles. The van der Waals surface area contributed by atoms with Crippen LogP contribution in [0.25, 0.3) is 0 Å². The number of nitrogens with one attached hydrogen (secondary N) is 2. The van der Waals surface area contributed by atoms with Crippen LogP contribution in [0, 0.1) is 0 Å². The van der Waals surface area contributed by atoms with Gasteiger partial charge < -0.3 is 10.6 Å². The van der Waals surface area contributed by atoms with E-state index in [4.69, 9.17) is 11.6 Å². The lowest BCUT2D eigenvalue weighted by Gasteiger charge is -2.22. The first kappa shape index (κ1) is 19.8. The molecule has 2 aromatic rings. The van der Waals surface area contributed by atoms with E-state index in [0.717, 1.165) is 29.1 Å². The Balaban J connectivity index is 1.41. The van der Waals surface area contributed by atoms with Crippen LogP contribution in [0.1, 0.15) is 48.4 Å². The van der Waals surface area contributed by atoms with Crippen molar-refractivity contribution in [1.29, 1.82) is 0 Å². The average Bonchev–Trinajstić information content (AvgIpc) is 3.07. The standard InChI is InChI=1S/C20H24ClN3O2S/c21-15-6-4-5-14(9-15)10-20-24-17(13-27-20)11-18(25)22-12-19(26)23-16-7-2-1-3-8-16/h4-6,9,13,16H,1-3,7-8,10-12H2,(H,22,25)(H,23,26). The Hall–Kier alpha value is -1.92. The predicted molar refractivity (Wildman–Crippen MR) is 108 cm³/mol. The molecule has 0 atom stereocenters. The molecule has 0 spiro atoms. The minimum Gasteiger partial charge on any atom is -0.352 e. The van der Waals surface area contributed by atoms with Crippen LogP contribution in [-0.4, -0.2) is 29.4 Å². The molecule has 5 nitrogen and oxygen atoms in total. The SMILES string of the molecule is O=C(Cc1csc(Cc2cccc(Cl)c2)n1)NCC(=O)NC1CCCCC1. The molecule has 1 fully saturated rings. The van der Waals surface area contributed by atoms with Gasteiger partial charge in [0.15, 0.2) is 0 Å². The van der Waals surface area contributed by atoms with Crippen molar-refractivity contribution >= 4 is 34.8 Å². The monoisotopic (exact) mass is 405 g/mol. The molecule has 1 aromatic heterocycles. The van der Waals surface area contributed by atoms with Crippen LogP contribution in [0.15, 0.2) is 29.6 Å². The molecule has 2 N–H and O–H groups in total. The molecule has 27 heavy (non-hydrogen) atoms. The Morgan fingerprint density at radius 3 is 2.78 bits per heavy atom. The van der Waals surface area contributed by atoms with E-state index in [1.54, 1.807) is 0 Å². The molecule has 1 aliphatic carbocycles. The van der Waals surface area contributed by atoms with Crippen molar-refractivity contribution in [2.45, 2.75) is 51.0 Å². The summed E-state index contributed by atoms with van der Waals surface area (Å²) in [5.41, 5.74) is 1.81. The molecule has 144 valence electrons. The summed E-state index contributed by atoms with van der Waals surface area (Å²) in [5.74, 6) is -0.302. The third-order valence-electron chi connectivity index (χ3n) is 4.60. The van der Waals surface area contributed by atoms with Crippen LogP contribution in [0.5, 0.6) is 0 Å². The van der Waals surface area contributed by atoms with E-state index in [1.165, 1.54) is 30.6 Å². The first-order valence-electron chi connectivity index (χ1n) is 9.32. The van der Waals surface area contributed by atoms with E-state index < -0.39 is 0 Å². The number of carbonyl (C=O) groups is 2. The number of halogens is 1. The molecule has 2 amide bonds.